The molecule has 0 N–H and O–H groups in total. The van der Waals surface area contributed by atoms with Gasteiger partial charge in [0.05, 0.1) is 10.6 Å². The number of hydrogen-bond acceptors (Lipinski definition) is 4. The van der Waals surface area contributed by atoms with E-state index in [-0.39, 0.29) is 11.4 Å². The number of hydrogen-bond donors (Lipinski definition) is 0. The molecular formula is C24H27N3OS. The average molecular weight is 406 g/mol. The smallest absolute Gasteiger partial charge is 0.266 e. The predicted molar refractivity (Wildman–Crippen MR) is 124 cm³/mol. The van der Waals surface area contributed by atoms with Crippen LogP contribution in [0.1, 0.15) is 44.2 Å². The maximum Gasteiger partial charge on any atom is 0.266 e. The molecule has 2 aromatic rings. The van der Waals surface area contributed by atoms with Crippen LogP contribution >= 0.6 is 11.8 Å². The molecule has 0 bridgehead atoms. The zero-order valence-electron chi connectivity index (χ0n) is 17.6. The predicted octanol–water partition coefficient (Wildman–Crippen LogP) is 5.64. The summed E-state index contributed by atoms with van der Waals surface area (Å²) in [4.78, 5) is 22.1. The van der Waals surface area contributed by atoms with Crippen LogP contribution in [0.15, 0.2) is 58.4 Å². The third-order valence-corrected chi connectivity index (χ3v) is 7.00. The van der Waals surface area contributed by atoms with E-state index in [1.54, 1.807) is 11.9 Å². The van der Waals surface area contributed by atoms with Gasteiger partial charge in [0.2, 0.25) is 0 Å². The van der Waals surface area contributed by atoms with E-state index in [0.29, 0.717) is 16.0 Å². The van der Waals surface area contributed by atoms with E-state index < -0.39 is 0 Å². The minimum atomic E-state index is -0.00583. The molecule has 0 radical (unpaired) electrons. The number of thioether (sulfide) groups is 1. The number of anilines is 1. The van der Waals surface area contributed by atoms with E-state index in [1.165, 1.54) is 23.0 Å². The van der Waals surface area contributed by atoms with Gasteiger partial charge >= 0.3 is 0 Å². The molecule has 1 fully saturated rings. The van der Waals surface area contributed by atoms with Crippen molar-refractivity contribution >= 4 is 40.3 Å². The first-order valence-electron chi connectivity index (χ1n) is 9.95. The zero-order valence-corrected chi connectivity index (χ0v) is 18.5. The topological polar surface area (TPSA) is 35.9 Å². The summed E-state index contributed by atoms with van der Waals surface area (Å²) in [6, 6.07) is 16.3. The first-order chi connectivity index (χ1) is 13.8. The summed E-state index contributed by atoms with van der Waals surface area (Å²) in [5, 5.41) is 0.709. The minimum Gasteiger partial charge on any atom is -0.369 e. The van der Waals surface area contributed by atoms with Gasteiger partial charge in [-0.15, -0.1) is 0 Å². The van der Waals surface area contributed by atoms with Crippen LogP contribution in [0, 0.1) is 0 Å². The molecule has 2 aromatic carbocycles. The lowest BCUT2D eigenvalue weighted by molar-refractivity contribution is -0.121. The quantitative estimate of drug-likeness (QED) is 0.607. The fraction of sp³-hybridized carbons (Fsp3) is 0.333. The molecule has 1 unspecified atom stereocenters. The second kappa shape index (κ2) is 7.38. The molecule has 29 heavy (non-hydrogen) atoms. The summed E-state index contributed by atoms with van der Waals surface area (Å²) in [6.45, 7) is 6.87. The number of likely N-dealkylation sites (N-methyl/N-ethyl adjacent to an activating group) is 1. The Kier molecular flexibility index (Phi) is 5.03. The van der Waals surface area contributed by atoms with Gasteiger partial charge in [0, 0.05) is 25.3 Å². The highest BCUT2D eigenvalue weighted by atomic mass is 32.2. The lowest BCUT2D eigenvalue weighted by Crippen LogP contribution is -2.45. The lowest BCUT2D eigenvalue weighted by atomic mass is 9.80. The third kappa shape index (κ3) is 3.71. The molecular weight excluding hydrogens is 378 g/mol. The standard InChI is InChI=1S/C24H27N3OS/c1-16-15-24(2,3)27(5)20-12-11-17(13-19(16)20)14-21-22(28)26(4)23(29-21)25-18-9-7-6-8-10-18/h6-14,16H,15H2,1-5H3/b21-14+,25-23?. The van der Waals surface area contributed by atoms with Crippen molar-refractivity contribution in [2.45, 2.75) is 38.6 Å². The number of fused-ring (bicyclic) bond motifs is 1. The van der Waals surface area contributed by atoms with Gasteiger partial charge in [-0.25, -0.2) is 4.99 Å². The Hall–Kier alpha value is -2.53. The molecule has 2 heterocycles. The van der Waals surface area contributed by atoms with Crippen LogP contribution in [-0.2, 0) is 4.79 Å². The number of aliphatic imine (C=N–C) groups is 1. The summed E-state index contributed by atoms with van der Waals surface area (Å²) in [5.74, 6) is 0.480. The van der Waals surface area contributed by atoms with Crippen molar-refractivity contribution in [3.8, 4) is 0 Å². The van der Waals surface area contributed by atoms with Gasteiger partial charge in [-0.05, 0) is 79.4 Å². The van der Waals surface area contributed by atoms with Crippen molar-refractivity contribution in [1.82, 2.24) is 4.90 Å². The molecule has 150 valence electrons. The Balaban J connectivity index is 1.64. The van der Waals surface area contributed by atoms with Crippen LogP contribution in [0.4, 0.5) is 11.4 Å². The fourth-order valence-electron chi connectivity index (χ4n) is 4.10. The van der Waals surface area contributed by atoms with Crippen LogP contribution in [0.3, 0.4) is 0 Å². The number of carbonyl (C=O) groups excluding carboxylic acids is 1. The SMILES string of the molecule is CC1CC(C)(C)N(C)c2ccc(/C=C3/SC(=Nc4ccccc4)N(C)C3=O)cc21. The fourth-order valence-corrected chi connectivity index (χ4v) is 5.09. The Bertz CT molecular complexity index is 1010. The number of carbonyl (C=O) groups is 1. The highest BCUT2D eigenvalue weighted by molar-refractivity contribution is 8.18. The van der Waals surface area contributed by atoms with Crippen molar-refractivity contribution < 1.29 is 4.79 Å². The Morgan fingerprint density at radius 3 is 2.59 bits per heavy atom. The van der Waals surface area contributed by atoms with Crippen molar-refractivity contribution in [3.05, 3.63) is 64.6 Å². The van der Waals surface area contributed by atoms with Gasteiger partial charge in [0.15, 0.2) is 5.17 Å². The van der Waals surface area contributed by atoms with E-state index in [1.807, 2.05) is 36.4 Å². The molecule has 1 amide bonds. The van der Waals surface area contributed by atoms with Crippen LogP contribution in [0.5, 0.6) is 0 Å². The Morgan fingerprint density at radius 2 is 1.86 bits per heavy atom. The molecule has 1 atom stereocenters. The third-order valence-electron chi connectivity index (χ3n) is 5.94. The molecule has 0 aromatic heterocycles. The summed E-state index contributed by atoms with van der Waals surface area (Å²) >= 11 is 1.43. The van der Waals surface area contributed by atoms with E-state index in [4.69, 9.17) is 0 Å². The maximum absolute atomic E-state index is 12.7. The molecule has 4 nitrogen and oxygen atoms in total. The number of amidine groups is 1. The van der Waals surface area contributed by atoms with Crippen LogP contribution in [0.2, 0.25) is 0 Å². The van der Waals surface area contributed by atoms with Crippen LogP contribution in [-0.4, -0.2) is 35.6 Å². The van der Waals surface area contributed by atoms with Gasteiger partial charge < -0.3 is 4.90 Å². The second-order valence-corrected chi connectivity index (χ2v) is 9.51. The number of nitrogens with zero attached hydrogens (tertiary/aromatic N) is 3. The van der Waals surface area contributed by atoms with Gasteiger partial charge in [-0.2, -0.15) is 0 Å². The van der Waals surface area contributed by atoms with E-state index in [9.17, 15) is 4.79 Å². The number of para-hydroxylation sites is 1. The van der Waals surface area contributed by atoms with Crippen LogP contribution in [0.25, 0.3) is 6.08 Å². The van der Waals surface area contributed by atoms with Gasteiger partial charge in [0.1, 0.15) is 0 Å². The summed E-state index contributed by atoms with van der Waals surface area (Å²) < 4.78 is 0. The van der Waals surface area contributed by atoms with E-state index in [0.717, 1.165) is 17.7 Å². The van der Waals surface area contributed by atoms with Gasteiger partial charge in [0.25, 0.3) is 5.91 Å². The Labute approximate surface area is 177 Å². The zero-order chi connectivity index (χ0) is 20.8. The average Bonchev–Trinajstić information content (AvgIpc) is 2.95. The van der Waals surface area contributed by atoms with Gasteiger partial charge in [-0.3, -0.25) is 9.69 Å². The van der Waals surface area contributed by atoms with Gasteiger partial charge in [-0.1, -0.05) is 31.2 Å². The highest BCUT2D eigenvalue weighted by Crippen LogP contribution is 2.43. The molecule has 2 aliphatic rings. The molecule has 0 aliphatic carbocycles. The normalized spacial score (nSPS) is 23.8. The van der Waals surface area contributed by atoms with Crippen molar-refractivity contribution in [3.63, 3.8) is 0 Å². The monoisotopic (exact) mass is 405 g/mol. The molecule has 1 saturated heterocycles. The highest BCUT2D eigenvalue weighted by Gasteiger charge is 2.34. The summed E-state index contributed by atoms with van der Waals surface area (Å²) in [7, 11) is 3.95. The molecule has 4 rings (SSSR count). The van der Waals surface area contributed by atoms with E-state index in [2.05, 4.69) is 55.9 Å². The first kappa shape index (κ1) is 19.8. The second-order valence-electron chi connectivity index (χ2n) is 8.50. The first-order valence-corrected chi connectivity index (χ1v) is 10.8. The largest absolute Gasteiger partial charge is 0.369 e. The number of benzene rings is 2. The van der Waals surface area contributed by atoms with Crippen molar-refractivity contribution in [2.75, 3.05) is 19.0 Å². The Morgan fingerprint density at radius 1 is 1.14 bits per heavy atom. The molecule has 5 heteroatoms. The number of rotatable bonds is 2. The molecule has 2 aliphatic heterocycles. The van der Waals surface area contributed by atoms with Crippen molar-refractivity contribution in [1.29, 1.82) is 0 Å². The van der Waals surface area contributed by atoms with E-state index >= 15 is 0 Å². The minimum absolute atomic E-state index is 0.00583. The maximum atomic E-state index is 12.7. The summed E-state index contributed by atoms with van der Waals surface area (Å²) in [6.07, 6.45) is 3.10. The molecule has 0 saturated carbocycles. The summed E-state index contributed by atoms with van der Waals surface area (Å²) in [5.41, 5.74) is 4.70. The van der Waals surface area contributed by atoms with Crippen molar-refractivity contribution in [2.24, 2.45) is 4.99 Å². The van der Waals surface area contributed by atoms with Crippen LogP contribution < -0.4 is 4.90 Å². The number of amides is 1. The lowest BCUT2D eigenvalue weighted by Gasteiger charge is -2.45. The molecule has 0 spiro atoms.